The summed E-state index contributed by atoms with van der Waals surface area (Å²) in [6, 6.07) is 0. The van der Waals surface area contributed by atoms with Crippen molar-refractivity contribution in [2.75, 3.05) is 12.8 Å². The SMILES string of the molecule is COC(=O)c1nsnc1N. The van der Waals surface area contributed by atoms with E-state index in [9.17, 15) is 4.79 Å². The summed E-state index contributed by atoms with van der Waals surface area (Å²) in [4.78, 5) is 10.7. The number of nitrogens with zero attached hydrogens (tertiary/aromatic N) is 2. The zero-order chi connectivity index (χ0) is 7.56. The van der Waals surface area contributed by atoms with Crippen LogP contribution in [0.15, 0.2) is 0 Å². The molecule has 1 rings (SSSR count). The van der Waals surface area contributed by atoms with Crippen molar-refractivity contribution in [3.05, 3.63) is 5.69 Å². The van der Waals surface area contributed by atoms with E-state index in [0.29, 0.717) is 0 Å². The molecule has 0 saturated carbocycles. The van der Waals surface area contributed by atoms with Gasteiger partial charge in [-0.3, -0.25) is 0 Å². The Morgan fingerprint density at radius 2 is 2.40 bits per heavy atom. The Labute approximate surface area is 61.1 Å². The maximum Gasteiger partial charge on any atom is 0.361 e. The smallest absolute Gasteiger partial charge is 0.361 e. The number of hydrogen-bond acceptors (Lipinski definition) is 6. The molecule has 1 aromatic heterocycles. The predicted octanol–water partition coefficient (Wildman–Crippen LogP) is -0.0931. The van der Waals surface area contributed by atoms with Crippen LogP contribution in [0.2, 0.25) is 0 Å². The Bertz CT molecular complexity index is 246. The summed E-state index contributed by atoms with van der Waals surface area (Å²) in [7, 11) is 1.26. The van der Waals surface area contributed by atoms with Gasteiger partial charge in [-0.05, 0) is 0 Å². The van der Waals surface area contributed by atoms with Gasteiger partial charge in [0, 0.05) is 0 Å². The molecule has 2 N–H and O–H groups in total. The zero-order valence-corrected chi connectivity index (χ0v) is 6.01. The standard InChI is InChI=1S/C4H5N3O2S/c1-9-4(8)2-3(5)7-10-6-2/h1H3,(H2,5,7). The lowest BCUT2D eigenvalue weighted by atomic mass is 10.4. The minimum Gasteiger partial charge on any atom is -0.464 e. The first-order valence-corrected chi connectivity index (χ1v) is 3.15. The Balaban J connectivity index is 2.93. The monoisotopic (exact) mass is 159 g/mol. The molecule has 0 saturated heterocycles. The molecule has 0 amide bonds. The van der Waals surface area contributed by atoms with Crippen LogP contribution in [-0.2, 0) is 4.74 Å². The average molecular weight is 159 g/mol. The number of ether oxygens (including phenoxy) is 1. The van der Waals surface area contributed by atoms with E-state index >= 15 is 0 Å². The number of anilines is 1. The summed E-state index contributed by atoms with van der Waals surface area (Å²) in [5.74, 6) is -0.428. The molecular formula is C4H5N3O2S. The van der Waals surface area contributed by atoms with Crippen LogP contribution in [0.1, 0.15) is 10.5 Å². The first-order chi connectivity index (χ1) is 4.75. The topological polar surface area (TPSA) is 78.1 Å². The van der Waals surface area contributed by atoms with Gasteiger partial charge >= 0.3 is 5.97 Å². The third-order valence-corrected chi connectivity index (χ3v) is 1.44. The molecule has 0 atom stereocenters. The molecule has 1 aromatic rings. The fraction of sp³-hybridized carbons (Fsp3) is 0.250. The number of carbonyl (C=O) groups excluding carboxylic acids is 1. The molecule has 1 heterocycles. The number of esters is 1. The molecule has 0 unspecified atom stereocenters. The quantitative estimate of drug-likeness (QED) is 0.579. The number of aromatic nitrogens is 2. The highest BCUT2D eigenvalue weighted by atomic mass is 32.1. The highest BCUT2D eigenvalue weighted by molar-refractivity contribution is 6.99. The maximum absolute atomic E-state index is 10.7. The van der Waals surface area contributed by atoms with Gasteiger partial charge in [-0.25, -0.2) is 4.79 Å². The van der Waals surface area contributed by atoms with Crippen molar-refractivity contribution in [2.24, 2.45) is 0 Å². The molecule has 0 aliphatic heterocycles. The Morgan fingerprint density at radius 1 is 1.70 bits per heavy atom. The molecule has 54 valence electrons. The second kappa shape index (κ2) is 2.61. The van der Waals surface area contributed by atoms with Crippen molar-refractivity contribution < 1.29 is 9.53 Å². The molecule has 0 fully saturated rings. The highest BCUT2D eigenvalue weighted by Crippen LogP contribution is 2.07. The van der Waals surface area contributed by atoms with E-state index in [1.54, 1.807) is 0 Å². The van der Waals surface area contributed by atoms with Gasteiger partial charge in [0.05, 0.1) is 18.8 Å². The molecule has 5 nitrogen and oxygen atoms in total. The van der Waals surface area contributed by atoms with Crippen LogP contribution in [0, 0.1) is 0 Å². The summed E-state index contributed by atoms with van der Waals surface area (Å²) in [6.07, 6.45) is 0. The van der Waals surface area contributed by atoms with Crippen LogP contribution >= 0.6 is 11.7 Å². The second-order valence-electron chi connectivity index (χ2n) is 1.49. The molecule has 0 spiro atoms. The van der Waals surface area contributed by atoms with Gasteiger partial charge in [0.15, 0.2) is 5.82 Å². The Morgan fingerprint density at radius 3 is 2.80 bits per heavy atom. The van der Waals surface area contributed by atoms with Crippen LogP contribution in [0.25, 0.3) is 0 Å². The van der Waals surface area contributed by atoms with Gasteiger partial charge < -0.3 is 10.5 Å². The minimum atomic E-state index is -0.550. The third kappa shape index (κ3) is 1.06. The van der Waals surface area contributed by atoms with Gasteiger partial charge in [0.2, 0.25) is 5.69 Å². The van der Waals surface area contributed by atoms with E-state index < -0.39 is 5.97 Å². The fourth-order valence-corrected chi connectivity index (χ4v) is 0.899. The summed E-state index contributed by atoms with van der Waals surface area (Å²) in [5, 5.41) is 0. The molecule has 6 heteroatoms. The van der Waals surface area contributed by atoms with E-state index in [1.165, 1.54) is 7.11 Å². The van der Waals surface area contributed by atoms with Crippen LogP contribution in [0.3, 0.4) is 0 Å². The van der Waals surface area contributed by atoms with E-state index in [-0.39, 0.29) is 11.5 Å². The first kappa shape index (κ1) is 6.94. The van der Waals surface area contributed by atoms with Crippen LogP contribution in [0.5, 0.6) is 0 Å². The van der Waals surface area contributed by atoms with Crippen molar-refractivity contribution >= 4 is 23.5 Å². The van der Waals surface area contributed by atoms with Crippen molar-refractivity contribution in [3.63, 3.8) is 0 Å². The minimum absolute atomic E-state index is 0.0903. The second-order valence-corrected chi connectivity index (χ2v) is 2.02. The van der Waals surface area contributed by atoms with E-state index in [1.807, 2.05) is 0 Å². The van der Waals surface area contributed by atoms with Crippen molar-refractivity contribution in [3.8, 4) is 0 Å². The normalized spacial score (nSPS) is 9.30. The van der Waals surface area contributed by atoms with Crippen molar-refractivity contribution in [1.29, 1.82) is 0 Å². The molecule has 0 aliphatic rings. The van der Waals surface area contributed by atoms with Crippen LogP contribution in [-0.4, -0.2) is 21.8 Å². The molecule has 0 bridgehead atoms. The molecule has 0 aliphatic carbocycles. The third-order valence-electron chi connectivity index (χ3n) is 0.893. The number of carbonyl (C=O) groups is 1. The largest absolute Gasteiger partial charge is 0.464 e. The van der Waals surface area contributed by atoms with E-state index in [4.69, 9.17) is 5.73 Å². The maximum atomic E-state index is 10.7. The van der Waals surface area contributed by atoms with Gasteiger partial charge in [0.1, 0.15) is 0 Å². The van der Waals surface area contributed by atoms with Gasteiger partial charge in [0.25, 0.3) is 0 Å². The summed E-state index contributed by atoms with van der Waals surface area (Å²) < 4.78 is 11.6. The van der Waals surface area contributed by atoms with E-state index in [0.717, 1.165) is 11.7 Å². The summed E-state index contributed by atoms with van der Waals surface area (Å²) in [5.41, 5.74) is 5.34. The average Bonchev–Trinajstić information content (AvgIpc) is 2.34. The molecule has 10 heavy (non-hydrogen) atoms. The number of rotatable bonds is 1. The highest BCUT2D eigenvalue weighted by Gasteiger charge is 2.13. The number of nitrogen functional groups attached to an aromatic ring is 1. The van der Waals surface area contributed by atoms with Gasteiger partial charge in [-0.1, -0.05) is 0 Å². The lowest BCUT2D eigenvalue weighted by molar-refractivity contribution is 0.0596. The predicted molar refractivity (Wildman–Crippen MR) is 35.7 cm³/mol. The summed E-state index contributed by atoms with van der Waals surface area (Å²) in [6.45, 7) is 0. The van der Waals surface area contributed by atoms with E-state index in [2.05, 4.69) is 13.5 Å². The molecule has 0 radical (unpaired) electrons. The Kier molecular flexibility index (Phi) is 1.81. The van der Waals surface area contributed by atoms with Gasteiger partial charge in [-0.15, -0.1) is 0 Å². The lowest BCUT2D eigenvalue weighted by Crippen LogP contribution is -2.04. The van der Waals surface area contributed by atoms with Crippen LogP contribution < -0.4 is 5.73 Å². The number of hydrogen-bond donors (Lipinski definition) is 1. The first-order valence-electron chi connectivity index (χ1n) is 2.42. The fourth-order valence-electron chi connectivity index (χ4n) is 0.434. The Hall–Kier alpha value is -1.17. The number of nitrogens with two attached hydrogens (primary N) is 1. The molecular weight excluding hydrogens is 154 g/mol. The van der Waals surface area contributed by atoms with Crippen LogP contribution in [0.4, 0.5) is 5.82 Å². The van der Waals surface area contributed by atoms with Crippen molar-refractivity contribution in [1.82, 2.24) is 8.75 Å². The summed E-state index contributed by atoms with van der Waals surface area (Å²) >= 11 is 0.884. The molecule has 0 aromatic carbocycles. The van der Waals surface area contributed by atoms with Gasteiger partial charge in [-0.2, -0.15) is 8.75 Å². The zero-order valence-electron chi connectivity index (χ0n) is 5.20. The lowest BCUT2D eigenvalue weighted by Gasteiger charge is -1.91. The van der Waals surface area contributed by atoms with Crippen molar-refractivity contribution in [2.45, 2.75) is 0 Å². The number of methoxy groups -OCH3 is 1.